The minimum atomic E-state index is -3.82. The van der Waals surface area contributed by atoms with Gasteiger partial charge in [-0.05, 0) is 31.0 Å². The highest BCUT2D eigenvalue weighted by Gasteiger charge is 2.25. The summed E-state index contributed by atoms with van der Waals surface area (Å²) in [6, 6.07) is 3.88. The van der Waals surface area contributed by atoms with Crippen molar-refractivity contribution in [1.82, 2.24) is 4.72 Å². The largest absolute Gasteiger partial charge is 0.465 e. The van der Waals surface area contributed by atoms with Gasteiger partial charge in [-0.25, -0.2) is 17.9 Å². The first kappa shape index (κ1) is 16.5. The quantitative estimate of drug-likeness (QED) is 0.613. The van der Waals surface area contributed by atoms with Crippen molar-refractivity contribution in [3.63, 3.8) is 0 Å². The maximum atomic E-state index is 12.4. The molecule has 0 radical (unpaired) electrons. The van der Waals surface area contributed by atoms with Crippen molar-refractivity contribution in [3.05, 3.63) is 23.8 Å². The van der Waals surface area contributed by atoms with Crippen LogP contribution < -0.4 is 10.5 Å². The topological polar surface area (TPSA) is 98.5 Å². The Morgan fingerprint density at radius 1 is 1.35 bits per heavy atom. The van der Waals surface area contributed by atoms with E-state index in [4.69, 9.17) is 5.73 Å². The van der Waals surface area contributed by atoms with Gasteiger partial charge in [0.05, 0.1) is 17.6 Å². The van der Waals surface area contributed by atoms with E-state index in [9.17, 15) is 13.2 Å². The summed E-state index contributed by atoms with van der Waals surface area (Å²) in [5.41, 5.74) is 5.86. The number of hydrogen-bond acceptors (Lipinski definition) is 5. The summed E-state index contributed by atoms with van der Waals surface area (Å²) in [5.74, 6) is -0.713. The van der Waals surface area contributed by atoms with Crippen LogP contribution in [-0.4, -0.2) is 27.5 Å². The molecule has 6 nitrogen and oxygen atoms in total. The average Bonchev–Trinajstić information content (AvgIpc) is 2.43. The lowest BCUT2D eigenvalue weighted by Gasteiger charge is -2.16. The number of sulfonamides is 1. The van der Waals surface area contributed by atoms with E-state index >= 15 is 0 Å². The van der Waals surface area contributed by atoms with E-state index in [0.29, 0.717) is 12.8 Å². The molecule has 0 aliphatic heterocycles. The molecule has 1 rings (SSSR count). The van der Waals surface area contributed by atoms with E-state index < -0.39 is 16.0 Å². The van der Waals surface area contributed by atoms with Gasteiger partial charge >= 0.3 is 5.97 Å². The van der Waals surface area contributed by atoms with Crippen LogP contribution in [-0.2, 0) is 14.8 Å². The van der Waals surface area contributed by atoms with Crippen molar-refractivity contribution in [2.75, 3.05) is 12.8 Å². The van der Waals surface area contributed by atoms with E-state index in [1.165, 1.54) is 25.3 Å². The first-order valence-electron chi connectivity index (χ1n) is 6.35. The number of hydrogen-bond donors (Lipinski definition) is 2. The molecule has 7 heteroatoms. The summed E-state index contributed by atoms with van der Waals surface area (Å²) in [4.78, 5) is 11.5. The van der Waals surface area contributed by atoms with Crippen LogP contribution in [0.4, 0.5) is 5.69 Å². The van der Waals surface area contributed by atoms with Crippen LogP contribution in [0.25, 0.3) is 0 Å². The molecular formula is C13H20N2O4S. The Morgan fingerprint density at radius 3 is 2.45 bits per heavy atom. The molecule has 0 saturated heterocycles. The predicted molar refractivity (Wildman–Crippen MR) is 76.9 cm³/mol. The van der Waals surface area contributed by atoms with Gasteiger partial charge in [-0.15, -0.1) is 0 Å². The summed E-state index contributed by atoms with van der Waals surface area (Å²) in [5, 5.41) is 0. The first-order chi connectivity index (χ1) is 9.35. The number of benzene rings is 1. The number of ether oxygens (including phenoxy) is 1. The molecule has 1 aromatic carbocycles. The molecule has 0 unspecified atom stereocenters. The molecule has 20 heavy (non-hydrogen) atoms. The fraction of sp³-hybridized carbons (Fsp3) is 0.462. The van der Waals surface area contributed by atoms with Crippen LogP contribution in [0, 0.1) is 0 Å². The Balaban J connectivity index is 3.29. The number of anilines is 1. The van der Waals surface area contributed by atoms with Gasteiger partial charge in [-0.2, -0.15) is 0 Å². The van der Waals surface area contributed by atoms with Crippen molar-refractivity contribution in [3.8, 4) is 0 Å². The Kier molecular flexibility index (Phi) is 5.52. The summed E-state index contributed by atoms with van der Waals surface area (Å²) in [6.45, 7) is 3.77. The summed E-state index contributed by atoms with van der Waals surface area (Å²) in [7, 11) is -2.62. The SMILES string of the molecule is CCC(CC)NS(=O)(=O)c1cc(N)ccc1C(=O)OC. The Labute approximate surface area is 119 Å². The summed E-state index contributed by atoms with van der Waals surface area (Å²) >= 11 is 0. The molecule has 0 aromatic heterocycles. The standard InChI is InChI=1S/C13H20N2O4S/c1-4-10(5-2)15-20(17,18)12-8-9(14)6-7-11(12)13(16)19-3/h6-8,10,15H,4-5,14H2,1-3H3. The van der Waals surface area contributed by atoms with Crippen LogP contribution >= 0.6 is 0 Å². The molecule has 1 aromatic rings. The molecule has 0 heterocycles. The van der Waals surface area contributed by atoms with Crippen LogP contribution in [0.5, 0.6) is 0 Å². The molecule has 0 saturated carbocycles. The Bertz CT molecular complexity index is 580. The summed E-state index contributed by atoms with van der Waals surface area (Å²) < 4.78 is 31.9. The van der Waals surface area contributed by atoms with E-state index in [1.54, 1.807) is 0 Å². The van der Waals surface area contributed by atoms with Gasteiger partial charge in [0.25, 0.3) is 0 Å². The van der Waals surface area contributed by atoms with Crippen molar-refractivity contribution < 1.29 is 17.9 Å². The lowest BCUT2D eigenvalue weighted by molar-refractivity contribution is 0.0596. The zero-order valence-electron chi connectivity index (χ0n) is 11.8. The van der Waals surface area contributed by atoms with Gasteiger partial charge in [0.15, 0.2) is 0 Å². The van der Waals surface area contributed by atoms with Gasteiger partial charge in [0.1, 0.15) is 0 Å². The van der Waals surface area contributed by atoms with Gasteiger partial charge in [-0.3, -0.25) is 0 Å². The molecule has 0 atom stereocenters. The Morgan fingerprint density at radius 2 is 1.95 bits per heavy atom. The monoisotopic (exact) mass is 300 g/mol. The predicted octanol–water partition coefficient (Wildman–Crippen LogP) is 1.52. The Hall–Kier alpha value is -1.60. The molecule has 112 valence electrons. The number of carbonyl (C=O) groups excluding carboxylic acids is 1. The minimum Gasteiger partial charge on any atom is -0.465 e. The smallest absolute Gasteiger partial charge is 0.339 e. The van der Waals surface area contributed by atoms with Gasteiger partial charge < -0.3 is 10.5 Å². The zero-order chi connectivity index (χ0) is 15.3. The molecular weight excluding hydrogens is 280 g/mol. The molecule has 0 fully saturated rings. The van der Waals surface area contributed by atoms with Crippen LogP contribution in [0.2, 0.25) is 0 Å². The maximum Gasteiger partial charge on any atom is 0.339 e. The molecule has 0 spiro atoms. The third-order valence-corrected chi connectivity index (χ3v) is 4.57. The molecule has 3 N–H and O–H groups in total. The number of carbonyl (C=O) groups is 1. The van der Waals surface area contributed by atoms with Crippen molar-refractivity contribution in [2.45, 2.75) is 37.6 Å². The number of methoxy groups -OCH3 is 1. The summed E-state index contributed by atoms with van der Waals surface area (Å²) in [6.07, 6.45) is 1.32. The second kappa shape index (κ2) is 6.71. The number of nitrogens with two attached hydrogens (primary N) is 1. The van der Waals surface area contributed by atoms with Gasteiger partial charge in [0, 0.05) is 11.7 Å². The third kappa shape index (κ3) is 3.71. The molecule has 0 bridgehead atoms. The second-order valence-corrected chi connectivity index (χ2v) is 6.06. The highest BCUT2D eigenvalue weighted by molar-refractivity contribution is 7.89. The third-order valence-electron chi connectivity index (χ3n) is 3.01. The van der Waals surface area contributed by atoms with Gasteiger partial charge in [-0.1, -0.05) is 13.8 Å². The fourth-order valence-corrected chi connectivity index (χ4v) is 3.41. The lowest BCUT2D eigenvalue weighted by Crippen LogP contribution is -2.34. The number of nitrogens with one attached hydrogen (secondary N) is 1. The van der Waals surface area contributed by atoms with Crippen LogP contribution in [0.3, 0.4) is 0 Å². The first-order valence-corrected chi connectivity index (χ1v) is 7.84. The van der Waals surface area contributed by atoms with Crippen LogP contribution in [0.15, 0.2) is 23.1 Å². The minimum absolute atomic E-state index is 0.0276. The van der Waals surface area contributed by atoms with Crippen LogP contribution in [0.1, 0.15) is 37.0 Å². The average molecular weight is 300 g/mol. The lowest BCUT2D eigenvalue weighted by atomic mass is 10.2. The number of esters is 1. The normalized spacial score (nSPS) is 11.6. The van der Waals surface area contributed by atoms with E-state index in [2.05, 4.69) is 9.46 Å². The molecule has 0 aliphatic carbocycles. The van der Waals surface area contributed by atoms with Crippen molar-refractivity contribution in [2.24, 2.45) is 0 Å². The van der Waals surface area contributed by atoms with Crippen molar-refractivity contribution >= 4 is 21.7 Å². The van der Waals surface area contributed by atoms with Crippen molar-refractivity contribution in [1.29, 1.82) is 0 Å². The van der Waals surface area contributed by atoms with E-state index in [1.807, 2.05) is 13.8 Å². The van der Waals surface area contributed by atoms with E-state index in [0.717, 1.165) is 0 Å². The fourth-order valence-electron chi connectivity index (χ4n) is 1.78. The zero-order valence-corrected chi connectivity index (χ0v) is 12.7. The highest BCUT2D eigenvalue weighted by Crippen LogP contribution is 2.21. The second-order valence-electron chi connectivity index (χ2n) is 4.38. The van der Waals surface area contributed by atoms with Gasteiger partial charge in [0.2, 0.25) is 10.0 Å². The number of nitrogen functional groups attached to an aromatic ring is 1. The highest BCUT2D eigenvalue weighted by atomic mass is 32.2. The maximum absolute atomic E-state index is 12.4. The molecule has 0 aliphatic rings. The molecule has 0 amide bonds. The van der Waals surface area contributed by atoms with E-state index in [-0.39, 0.29) is 22.2 Å². The number of rotatable bonds is 6.